The average molecular weight is 518 g/mol. The molecule has 0 aliphatic heterocycles. The van der Waals surface area contributed by atoms with Crippen LogP contribution in [-0.4, -0.2) is 29.9 Å². The summed E-state index contributed by atoms with van der Waals surface area (Å²) in [5.74, 6) is 2.21. The van der Waals surface area contributed by atoms with Crippen LogP contribution in [0.15, 0.2) is 56.1 Å². The van der Waals surface area contributed by atoms with Crippen LogP contribution in [0.3, 0.4) is 0 Å². The molecule has 2 aromatic carbocycles. The van der Waals surface area contributed by atoms with Crippen LogP contribution in [0.25, 0.3) is 22.3 Å². The van der Waals surface area contributed by atoms with Crippen LogP contribution in [0.4, 0.5) is 0 Å². The zero-order valence-electron chi connectivity index (χ0n) is 16.8. The van der Waals surface area contributed by atoms with E-state index < -0.39 is 17.5 Å². The fourth-order valence-corrected chi connectivity index (χ4v) is 4.34. The first kappa shape index (κ1) is 22.4. The van der Waals surface area contributed by atoms with E-state index in [1.807, 2.05) is 0 Å². The van der Waals surface area contributed by atoms with Crippen molar-refractivity contribution in [2.75, 3.05) is 13.2 Å². The van der Waals surface area contributed by atoms with Gasteiger partial charge in [-0.1, -0.05) is 23.6 Å². The van der Waals surface area contributed by atoms with Crippen LogP contribution in [-0.2, 0) is 9.53 Å². The Morgan fingerprint density at radius 1 is 1.28 bits per heavy atom. The number of halogens is 2. The lowest BCUT2D eigenvalue weighted by molar-refractivity contribution is -0.158. The summed E-state index contributed by atoms with van der Waals surface area (Å²) >= 11 is 9.65. The van der Waals surface area contributed by atoms with Crippen LogP contribution in [0.2, 0.25) is 5.02 Å². The molecule has 0 spiro atoms. The maximum atomic E-state index is 12.4. The summed E-state index contributed by atoms with van der Waals surface area (Å²) in [6.07, 6.45) is 6.13. The number of rotatable bonds is 7. The SMILES string of the molecule is C#CC1(OCCOc2ccc(-c3cc(=O)c4cccc(Cl)c4o3)cc2Br)CC(C(=O)O)C1. The van der Waals surface area contributed by atoms with Gasteiger partial charge in [-0.15, -0.1) is 6.42 Å². The molecule has 4 rings (SSSR count). The number of ether oxygens (including phenoxy) is 2. The fraction of sp³-hybridized carbons (Fsp3) is 0.250. The Kier molecular flexibility index (Phi) is 6.29. The highest BCUT2D eigenvalue weighted by Gasteiger charge is 2.47. The second-order valence-corrected chi connectivity index (χ2v) is 8.78. The van der Waals surface area contributed by atoms with Gasteiger partial charge in [0.15, 0.2) is 11.0 Å². The van der Waals surface area contributed by atoms with Gasteiger partial charge in [0, 0.05) is 24.5 Å². The van der Waals surface area contributed by atoms with Crippen LogP contribution < -0.4 is 10.2 Å². The highest BCUT2D eigenvalue weighted by atomic mass is 79.9. The second kappa shape index (κ2) is 8.99. The van der Waals surface area contributed by atoms with Crippen molar-refractivity contribution in [2.45, 2.75) is 18.4 Å². The van der Waals surface area contributed by atoms with Gasteiger partial charge >= 0.3 is 5.97 Å². The zero-order valence-corrected chi connectivity index (χ0v) is 19.1. The summed E-state index contributed by atoms with van der Waals surface area (Å²) in [5.41, 5.74) is 0.0113. The van der Waals surface area contributed by atoms with Gasteiger partial charge in [0.2, 0.25) is 0 Å². The van der Waals surface area contributed by atoms with Gasteiger partial charge in [0.05, 0.1) is 27.4 Å². The summed E-state index contributed by atoms with van der Waals surface area (Å²) in [6.45, 7) is 0.461. The van der Waals surface area contributed by atoms with Crippen LogP contribution in [0, 0.1) is 18.3 Å². The van der Waals surface area contributed by atoms with E-state index in [-0.39, 0.29) is 18.6 Å². The van der Waals surface area contributed by atoms with Gasteiger partial charge in [-0.25, -0.2) is 0 Å². The maximum Gasteiger partial charge on any atom is 0.306 e. The number of para-hydroxylation sites is 1. The largest absolute Gasteiger partial charge is 0.490 e. The molecular weight excluding hydrogens is 500 g/mol. The molecule has 0 radical (unpaired) electrons. The maximum absolute atomic E-state index is 12.4. The van der Waals surface area contributed by atoms with Gasteiger partial charge < -0.3 is 19.0 Å². The topological polar surface area (TPSA) is 86.0 Å². The monoisotopic (exact) mass is 516 g/mol. The van der Waals surface area contributed by atoms with E-state index in [0.717, 1.165) is 0 Å². The minimum atomic E-state index is -0.857. The van der Waals surface area contributed by atoms with Crippen molar-refractivity contribution < 1.29 is 23.8 Å². The number of benzene rings is 2. The molecule has 1 aliphatic rings. The quantitative estimate of drug-likeness (QED) is 0.345. The van der Waals surface area contributed by atoms with Gasteiger partial charge in [-0.3, -0.25) is 9.59 Å². The summed E-state index contributed by atoms with van der Waals surface area (Å²) < 4.78 is 18.0. The van der Waals surface area contributed by atoms with Crippen LogP contribution >= 0.6 is 27.5 Å². The predicted octanol–water partition coefficient (Wildman–Crippen LogP) is 5.14. The van der Waals surface area contributed by atoms with Crippen molar-refractivity contribution in [1.82, 2.24) is 0 Å². The molecule has 32 heavy (non-hydrogen) atoms. The fourth-order valence-electron chi connectivity index (χ4n) is 3.63. The molecule has 0 unspecified atom stereocenters. The molecule has 1 saturated carbocycles. The number of fused-ring (bicyclic) bond motifs is 1. The Hall–Kier alpha value is -2.79. The molecule has 164 valence electrons. The molecule has 8 heteroatoms. The average Bonchev–Trinajstić information content (AvgIpc) is 2.74. The van der Waals surface area contributed by atoms with E-state index in [1.165, 1.54) is 6.07 Å². The Balaban J connectivity index is 1.42. The summed E-state index contributed by atoms with van der Waals surface area (Å²) in [4.78, 5) is 23.4. The van der Waals surface area contributed by atoms with Crippen LogP contribution in [0.1, 0.15) is 12.8 Å². The highest BCUT2D eigenvalue weighted by molar-refractivity contribution is 9.10. The molecule has 0 saturated heterocycles. The van der Waals surface area contributed by atoms with Crippen LogP contribution in [0.5, 0.6) is 5.75 Å². The highest BCUT2D eigenvalue weighted by Crippen LogP contribution is 2.40. The summed E-state index contributed by atoms with van der Waals surface area (Å²) in [6, 6.07) is 11.8. The summed E-state index contributed by atoms with van der Waals surface area (Å²) in [7, 11) is 0. The summed E-state index contributed by atoms with van der Waals surface area (Å²) in [5, 5.41) is 9.80. The second-order valence-electron chi connectivity index (χ2n) is 7.52. The Morgan fingerprint density at radius 2 is 2.06 bits per heavy atom. The van der Waals surface area contributed by atoms with Crippen molar-refractivity contribution in [3.8, 4) is 29.4 Å². The Bertz CT molecular complexity index is 1290. The van der Waals surface area contributed by atoms with E-state index in [4.69, 9.17) is 37.0 Å². The number of carboxylic acid groups (broad SMARTS) is 1. The van der Waals surface area contributed by atoms with Gasteiger partial charge in [0.25, 0.3) is 0 Å². The lowest BCUT2D eigenvalue weighted by atomic mass is 9.71. The standard InChI is InChI=1S/C24H18BrClO6/c1-2-24(12-15(13-24)23(28)29)31-9-8-30-20-7-6-14(10-17(20)25)21-11-19(27)16-4-3-5-18(26)22(16)32-21/h1,3-7,10-11,15H,8-9,12-13H2,(H,28,29). The minimum absolute atomic E-state index is 0.180. The molecule has 3 aromatic rings. The normalized spacial score (nSPS) is 19.8. The van der Waals surface area contributed by atoms with E-state index in [9.17, 15) is 9.59 Å². The molecule has 1 fully saturated rings. The van der Waals surface area contributed by atoms with Gasteiger partial charge in [0.1, 0.15) is 23.7 Å². The number of hydrogen-bond acceptors (Lipinski definition) is 5. The smallest absolute Gasteiger partial charge is 0.306 e. The van der Waals surface area contributed by atoms with Crippen molar-refractivity contribution in [3.63, 3.8) is 0 Å². The Labute approximate surface area is 197 Å². The molecule has 1 aromatic heterocycles. The van der Waals surface area contributed by atoms with Crippen molar-refractivity contribution in [3.05, 3.63) is 62.2 Å². The number of hydrogen-bond donors (Lipinski definition) is 1. The third-order valence-corrected chi connectivity index (χ3v) is 6.32. The van der Waals surface area contributed by atoms with E-state index in [1.54, 1.807) is 36.4 Å². The van der Waals surface area contributed by atoms with Crippen molar-refractivity contribution >= 4 is 44.5 Å². The molecule has 1 N–H and O–H groups in total. The molecule has 6 nitrogen and oxygen atoms in total. The van der Waals surface area contributed by atoms with E-state index >= 15 is 0 Å². The first-order valence-corrected chi connectivity index (χ1v) is 11.0. The van der Waals surface area contributed by atoms with Crippen molar-refractivity contribution in [1.29, 1.82) is 0 Å². The molecule has 1 heterocycles. The molecule has 0 bridgehead atoms. The number of terminal acetylenes is 1. The zero-order chi connectivity index (χ0) is 22.9. The van der Waals surface area contributed by atoms with E-state index in [2.05, 4.69) is 21.9 Å². The number of carbonyl (C=O) groups is 1. The first-order chi connectivity index (χ1) is 15.3. The third-order valence-electron chi connectivity index (χ3n) is 5.41. The molecular formula is C24H18BrClO6. The molecule has 0 amide bonds. The lowest BCUT2D eigenvalue weighted by Crippen LogP contribution is -2.48. The van der Waals surface area contributed by atoms with Gasteiger partial charge in [-0.05, 0) is 46.3 Å². The molecule has 1 aliphatic carbocycles. The van der Waals surface area contributed by atoms with Gasteiger partial charge in [-0.2, -0.15) is 0 Å². The number of carboxylic acids is 1. The first-order valence-electron chi connectivity index (χ1n) is 9.81. The number of aliphatic carboxylic acids is 1. The predicted molar refractivity (Wildman–Crippen MR) is 124 cm³/mol. The lowest BCUT2D eigenvalue weighted by Gasteiger charge is -2.41. The van der Waals surface area contributed by atoms with Crippen molar-refractivity contribution in [2.24, 2.45) is 5.92 Å². The van der Waals surface area contributed by atoms with E-state index in [0.29, 0.717) is 50.4 Å². The Morgan fingerprint density at radius 3 is 2.75 bits per heavy atom. The minimum Gasteiger partial charge on any atom is -0.490 e. The molecule has 0 atom stereocenters. The third kappa shape index (κ3) is 4.40.